The Balaban J connectivity index is 1.88. The number of halogens is 2. The van der Waals surface area contributed by atoms with Gasteiger partial charge in [0, 0.05) is 17.7 Å². The van der Waals surface area contributed by atoms with Gasteiger partial charge in [-0.05, 0) is 62.1 Å². The second-order valence-corrected chi connectivity index (χ2v) is 6.15. The summed E-state index contributed by atoms with van der Waals surface area (Å²) in [6.07, 6.45) is 3.75. The Morgan fingerprint density at radius 1 is 1.16 bits per heavy atom. The standard InChI is InChI=1S/C16H21F2N/c1-3-19-16(12-6-10-5-11(10)7-12)13-4-9(2)14(17)8-15(13)18/h4,8,10-12,16,19H,3,5-7H2,1-2H3. The van der Waals surface area contributed by atoms with E-state index in [0.717, 1.165) is 24.4 Å². The summed E-state index contributed by atoms with van der Waals surface area (Å²) in [7, 11) is 0. The lowest BCUT2D eigenvalue weighted by atomic mass is 9.88. The molecule has 3 atom stereocenters. The molecule has 1 aromatic rings. The third kappa shape index (κ3) is 2.40. The minimum atomic E-state index is -0.453. The molecule has 0 bridgehead atoms. The van der Waals surface area contributed by atoms with Gasteiger partial charge < -0.3 is 5.32 Å². The quantitative estimate of drug-likeness (QED) is 0.868. The SMILES string of the molecule is CCNC(c1cc(C)c(F)cc1F)C1CC2CC2C1. The highest BCUT2D eigenvalue weighted by atomic mass is 19.1. The molecular weight excluding hydrogens is 244 g/mol. The number of benzene rings is 1. The molecule has 19 heavy (non-hydrogen) atoms. The lowest BCUT2D eigenvalue weighted by molar-refractivity contribution is 0.337. The van der Waals surface area contributed by atoms with Gasteiger partial charge in [-0.15, -0.1) is 0 Å². The van der Waals surface area contributed by atoms with Crippen LogP contribution in [0.15, 0.2) is 12.1 Å². The van der Waals surface area contributed by atoms with E-state index in [0.29, 0.717) is 17.0 Å². The van der Waals surface area contributed by atoms with Crippen molar-refractivity contribution in [2.24, 2.45) is 17.8 Å². The van der Waals surface area contributed by atoms with Crippen LogP contribution in [-0.4, -0.2) is 6.54 Å². The van der Waals surface area contributed by atoms with E-state index in [1.165, 1.54) is 19.3 Å². The summed E-state index contributed by atoms with van der Waals surface area (Å²) < 4.78 is 27.5. The summed E-state index contributed by atoms with van der Waals surface area (Å²) in [5.41, 5.74) is 1.18. The Kier molecular flexibility index (Phi) is 3.34. The van der Waals surface area contributed by atoms with Gasteiger partial charge in [0.15, 0.2) is 0 Å². The van der Waals surface area contributed by atoms with Crippen LogP contribution >= 0.6 is 0 Å². The van der Waals surface area contributed by atoms with Crippen molar-refractivity contribution in [3.63, 3.8) is 0 Å². The zero-order valence-corrected chi connectivity index (χ0v) is 11.5. The van der Waals surface area contributed by atoms with Crippen molar-refractivity contribution in [1.82, 2.24) is 5.32 Å². The lowest BCUT2D eigenvalue weighted by Crippen LogP contribution is -2.28. The first-order valence-electron chi connectivity index (χ1n) is 7.29. The number of nitrogens with one attached hydrogen (secondary N) is 1. The zero-order valence-electron chi connectivity index (χ0n) is 11.5. The van der Waals surface area contributed by atoms with Crippen molar-refractivity contribution in [3.05, 3.63) is 34.9 Å². The Morgan fingerprint density at radius 3 is 2.47 bits per heavy atom. The van der Waals surface area contributed by atoms with Crippen molar-refractivity contribution >= 4 is 0 Å². The Morgan fingerprint density at radius 2 is 1.84 bits per heavy atom. The van der Waals surface area contributed by atoms with Crippen LogP contribution in [0.2, 0.25) is 0 Å². The molecule has 1 N–H and O–H groups in total. The van der Waals surface area contributed by atoms with Crippen LogP contribution in [-0.2, 0) is 0 Å². The van der Waals surface area contributed by atoms with Crippen LogP contribution in [0.25, 0.3) is 0 Å². The summed E-state index contributed by atoms with van der Waals surface area (Å²) in [6, 6.07) is 2.75. The maximum absolute atomic E-state index is 14.1. The third-order valence-electron chi connectivity index (χ3n) is 4.79. The molecule has 3 rings (SSSR count). The Bertz CT molecular complexity index is 476. The van der Waals surface area contributed by atoms with Crippen LogP contribution < -0.4 is 5.32 Å². The van der Waals surface area contributed by atoms with Gasteiger partial charge in [0.05, 0.1) is 0 Å². The van der Waals surface area contributed by atoms with Crippen LogP contribution in [0.1, 0.15) is 43.4 Å². The molecule has 0 aromatic heterocycles. The van der Waals surface area contributed by atoms with Crippen molar-refractivity contribution in [2.45, 2.75) is 39.2 Å². The molecule has 1 aromatic carbocycles. The molecule has 104 valence electrons. The molecule has 2 saturated carbocycles. The molecule has 3 heteroatoms. The first-order valence-corrected chi connectivity index (χ1v) is 7.29. The Hall–Kier alpha value is -0.960. The average molecular weight is 265 g/mol. The number of fused-ring (bicyclic) bond motifs is 1. The number of hydrogen-bond acceptors (Lipinski definition) is 1. The fourth-order valence-electron chi connectivity index (χ4n) is 3.70. The second-order valence-electron chi connectivity index (χ2n) is 6.15. The first-order chi connectivity index (χ1) is 9.10. The summed E-state index contributed by atoms with van der Waals surface area (Å²) in [5, 5.41) is 3.41. The van der Waals surface area contributed by atoms with Gasteiger partial charge in [0.1, 0.15) is 11.6 Å². The smallest absolute Gasteiger partial charge is 0.130 e. The topological polar surface area (TPSA) is 12.0 Å². The monoisotopic (exact) mass is 265 g/mol. The molecule has 0 saturated heterocycles. The van der Waals surface area contributed by atoms with Crippen molar-refractivity contribution < 1.29 is 8.78 Å². The summed E-state index contributed by atoms with van der Waals surface area (Å²) in [6.45, 7) is 4.55. The van der Waals surface area contributed by atoms with E-state index in [9.17, 15) is 8.78 Å². The molecule has 2 fully saturated rings. The van der Waals surface area contributed by atoms with E-state index in [1.54, 1.807) is 13.0 Å². The molecule has 0 spiro atoms. The van der Waals surface area contributed by atoms with E-state index >= 15 is 0 Å². The van der Waals surface area contributed by atoms with E-state index < -0.39 is 11.6 Å². The molecule has 0 heterocycles. The Labute approximate surface area is 113 Å². The van der Waals surface area contributed by atoms with Crippen LogP contribution in [0, 0.1) is 36.3 Å². The fourth-order valence-corrected chi connectivity index (χ4v) is 3.70. The second kappa shape index (κ2) is 4.86. The third-order valence-corrected chi connectivity index (χ3v) is 4.79. The molecule has 2 aliphatic carbocycles. The molecule has 0 radical (unpaired) electrons. The number of hydrogen-bond donors (Lipinski definition) is 1. The fraction of sp³-hybridized carbons (Fsp3) is 0.625. The summed E-state index contributed by atoms with van der Waals surface area (Å²) >= 11 is 0. The van der Waals surface area contributed by atoms with Gasteiger partial charge in [-0.3, -0.25) is 0 Å². The molecular formula is C16H21F2N. The molecule has 2 aliphatic rings. The number of rotatable bonds is 4. The minimum absolute atomic E-state index is 0.0390. The highest BCUT2D eigenvalue weighted by Gasteiger charge is 2.48. The molecule has 0 amide bonds. The molecule has 3 unspecified atom stereocenters. The van der Waals surface area contributed by atoms with Gasteiger partial charge in [-0.1, -0.05) is 6.92 Å². The maximum atomic E-state index is 14.1. The predicted octanol–water partition coefficient (Wildman–Crippen LogP) is 3.97. The van der Waals surface area contributed by atoms with Gasteiger partial charge >= 0.3 is 0 Å². The number of aryl methyl sites for hydroxylation is 1. The minimum Gasteiger partial charge on any atom is -0.310 e. The zero-order chi connectivity index (χ0) is 13.6. The summed E-state index contributed by atoms with van der Waals surface area (Å²) in [4.78, 5) is 0. The van der Waals surface area contributed by atoms with E-state index in [1.807, 2.05) is 6.92 Å². The van der Waals surface area contributed by atoms with Crippen molar-refractivity contribution in [3.8, 4) is 0 Å². The molecule has 0 aliphatic heterocycles. The van der Waals surface area contributed by atoms with Crippen molar-refractivity contribution in [2.75, 3.05) is 6.54 Å². The largest absolute Gasteiger partial charge is 0.310 e. The van der Waals surface area contributed by atoms with Gasteiger partial charge in [-0.25, -0.2) is 8.78 Å². The van der Waals surface area contributed by atoms with Gasteiger partial charge in [0.25, 0.3) is 0 Å². The lowest BCUT2D eigenvalue weighted by Gasteiger charge is -2.27. The van der Waals surface area contributed by atoms with E-state index in [-0.39, 0.29) is 6.04 Å². The molecule has 1 nitrogen and oxygen atoms in total. The van der Waals surface area contributed by atoms with E-state index in [2.05, 4.69) is 5.32 Å². The first kappa shape index (κ1) is 13.0. The van der Waals surface area contributed by atoms with Crippen molar-refractivity contribution in [1.29, 1.82) is 0 Å². The summed E-state index contributed by atoms with van der Waals surface area (Å²) in [5.74, 6) is 1.38. The van der Waals surface area contributed by atoms with Gasteiger partial charge in [-0.2, -0.15) is 0 Å². The normalized spacial score (nSPS) is 30.2. The van der Waals surface area contributed by atoms with Gasteiger partial charge in [0.2, 0.25) is 0 Å². The van der Waals surface area contributed by atoms with E-state index in [4.69, 9.17) is 0 Å². The van der Waals surface area contributed by atoms with Crippen LogP contribution in [0.4, 0.5) is 8.78 Å². The van der Waals surface area contributed by atoms with Crippen LogP contribution in [0.3, 0.4) is 0 Å². The highest BCUT2D eigenvalue weighted by molar-refractivity contribution is 5.29. The highest BCUT2D eigenvalue weighted by Crippen LogP contribution is 2.57. The maximum Gasteiger partial charge on any atom is 0.130 e. The predicted molar refractivity (Wildman–Crippen MR) is 71.8 cm³/mol. The van der Waals surface area contributed by atoms with Crippen LogP contribution in [0.5, 0.6) is 0 Å². The average Bonchev–Trinajstić information content (AvgIpc) is 2.98.